The highest BCUT2D eigenvalue weighted by Crippen LogP contribution is 2.17. The number of amides is 1. The molecule has 1 aromatic heterocycles. The molecule has 2 aromatic rings. The predicted molar refractivity (Wildman–Crippen MR) is 83.5 cm³/mol. The summed E-state index contributed by atoms with van der Waals surface area (Å²) in [6, 6.07) is 9.24. The van der Waals surface area contributed by atoms with Crippen LogP contribution in [0.5, 0.6) is 0 Å². The third-order valence-electron chi connectivity index (χ3n) is 3.40. The summed E-state index contributed by atoms with van der Waals surface area (Å²) in [5, 5.41) is 10.8. The van der Waals surface area contributed by atoms with E-state index in [1.54, 1.807) is 17.2 Å². The number of carbonyl (C=O) groups is 1. The summed E-state index contributed by atoms with van der Waals surface area (Å²) < 4.78 is 0. The van der Waals surface area contributed by atoms with Crippen LogP contribution in [0.1, 0.15) is 34.6 Å². The van der Waals surface area contributed by atoms with E-state index in [4.69, 9.17) is 11.6 Å². The van der Waals surface area contributed by atoms with E-state index in [9.17, 15) is 9.90 Å². The fourth-order valence-electron chi connectivity index (χ4n) is 2.12. The molecule has 2 rings (SSSR count). The number of benzene rings is 1. The average molecular weight is 307 g/mol. The molecule has 0 fully saturated rings. The lowest BCUT2D eigenvalue weighted by Crippen LogP contribution is -2.34. The molecular weight excluding hydrogens is 288 g/mol. The summed E-state index contributed by atoms with van der Waals surface area (Å²) >= 11 is 5.82. The number of aromatic amines is 1. The number of aromatic nitrogens is 1. The Kier molecular flexibility index (Phi) is 5.04. The van der Waals surface area contributed by atoms with E-state index in [1.165, 1.54) is 0 Å². The van der Waals surface area contributed by atoms with Crippen LogP contribution >= 0.6 is 11.6 Å². The van der Waals surface area contributed by atoms with Crippen molar-refractivity contribution in [1.29, 1.82) is 0 Å². The molecule has 1 amide bonds. The number of H-pyrrole nitrogens is 1. The second-order valence-electron chi connectivity index (χ2n) is 5.00. The molecule has 1 unspecified atom stereocenters. The molecule has 0 saturated heterocycles. The molecule has 4 nitrogen and oxygen atoms in total. The van der Waals surface area contributed by atoms with Crippen molar-refractivity contribution in [3.63, 3.8) is 0 Å². The third kappa shape index (κ3) is 3.86. The molecule has 0 aliphatic carbocycles. The summed E-state index contributed by atoms with van der Waals surface area (Å²) in [4.78, 5) is 16.8. The second kappa shape index (κ2) is 6.78. The predicted octanol–water partition coefficient (Wildman–Crippen LogP) is 3.17. The van der Waals surface area contributed by atoms with Crippen LogP contribution in [0.25, 0.3) is 0 Å². The van der Waals surface area contributed by atoms with Crippen molar-refractivity contribution in [3.05, 3.63) is 58.4 Å². The molecule has 0 aliphatic heterocycles. The van der Waals surface area contributed by atoms with Crippen LogP contribution < -0.4 is 0 Å². The van der Waals surface area contributed by atoms with Crippen molar-refractivity contribution in [2.24, 2.45) is 0 Å². The largest absolute Gasteiger partial charge is 0.387 e. The van der Waals surface area contributed by atoms with Gasteiger partial charge in [0.25, 0.3) is 5.91 Å². The minimum atomic E-state index is -0.708. The molecule has 21 heavy (non-hydrogen) atoms. The molecule has 0 radical (unpaired) electrons. The van der Waals surface area contributed by atoms with Crippen molar-refractivity contribution in [3.8, 4) is 0 Å². The summed E-state index contributed by atoms with van der Waals surface area (Å²) in [5.74, 6) is -0.171. The molecule has 2 N–H and O–H groups in total. The number of carbonyl (C=O) groups excluding carboxylic acids is 1. The van der Waals surface area contributed by atoms with Gasteiger partial charge in [-0.15, -0.1) is 0 Å². The van der Waals surface area contributed by atoms with Gasteiger partial charge in [0.2, 0.25) is 0 Å². The fourth-order valence-corrected chi connectivity index (χ4v) is 2.28. The van der Waals surface area contributed by atoms with Crippen molar-refractivity contribution < 1.29 is 9.90 Å². The second-order valence-corrected chi connectivity index (χ2v) is 5.44. The molecule has 0 saturated carbocycles. The van der Waals surface area contributed by atoms with Crippen molar-refractivity contribution in [2.75, 3.05) is 13.1 Å². The highest BCUT2D eigenvalue weighted by molar-refractivity contribution is 6.30. The number of hydrogen-bond acceptors (Lipinski definition) is 2. The molecule has 1 aromatic carbocycles. The topological polar surface area (TPSA) is 56.3 Å². The summed E-state index contributed by atoms with van der Waals surface area (Å²) in [5.41, 5.74) is 2.37. The van der Waals surface area contributed by atoms with Gasteiger partial charge in [-0.25, -0.2) is 0 Å². The Morgan fingerprint density at radius 2 is 2.05 bits per heavy atom. The first-order chi connectivity index (χ1) is 10.0. The zero-order valence-electron chi connectivity index (χ0n) is 12.1. The quantitative estimate of drug-likeness (QED) is 0.891. The number of rotatable bonds is 5. The maximum Gasteiger partial charge on any atom is 0.270 e. The van der Waals surface area contributed by atoms with E-state index in [0.717, 1.165) is 11.1 Å². The van der Waals surface area contributed by atoms with Crippen LogP contribution in [0.15, 0.2) is 36.5 Å². The van der Waals surface area contributed by atoms with Crippen LogP contribution in [-0.2, 0) is 0 Å². The number of nitrogens with one attached hydrogen (secondary N) is 1. The molecule has 0 spiro atoms. The number of aryl methyl sites for hydroxylation is 1. The van der Waals surface area contributed by atoms with Gasteiger partial charge in [-0.1, -0.05) is 41.4 Å². The third-order valence-corrected chi connectivity index (χ3v) is 3.62. The Morgan fingerprint density at radius 1 is 1.38 bits per heavy atom. The van der Waals surface area contributed by atoms with Gasteiger partial charge in [0.1, 0.15) is 5.69 Å². The van der Waals surface area contributed by atoms with Gasteiger partial charge in [0.05, 0.1) is 17.7 Å². The minimum Gasteiger partial charge on any atom is -0.387 e. The Balaban J connectivity index is 2.08. The minimum absolute atomic E-state index is 0.171. The molecular formula is C16H19ClN2O2. The number of nitrogens with zero attached hydrogens (tertiary/aromatic N) is 1. The smallest absolute Gasteiger partial charge is 0.270 e. The van der Waals surface area contributed by atoms with Gasteiger partial charge in [-0.3, -0.25) is 4.79 Å². The number of aliphatic hydroxyl groups is 1. The van der Waals surface area contributed by atoms with Crippen LogP contribution in [0.4, 0.5) is 0 Å². The van der Waals surface area contributed by atoms with Gasteiger partial charge in [0.15, 0.2) is 0 Å². The number of hydrogen-bond donors (Lipinski definition) is 2. The first-order valence-electron chi connectivity index (χ1n) is 6.89. The average Bonchev–Trinajstić information content (AvgIpc) is 2.91. The lowest BCUT2D eigenvalue weighted by atomic mass is 10.1. The first kappa shape index (κ1) is 15.6. The molecule has 1 heterocycles. The molecule has 1 atom stereocenters. The van der Waals surface area contributed by atoms with Crippen LogP contribution in [0.2, 0.25) is 5.02 Å². The highest BCUT2D eigenvalue weighted by Gasteiger charge is 2.19. The standard InChI is InChI=1S/C16H19ClN2O2/c1-3-19(16(21)14-8-13(17)9-18-14)10-15(20)12-6-4-11(2)5-7-12/h4-9,15,18,20H,3,10H2,1-2H3. The van der Waals surface area contributed by atoms with E-state index >= 15 is 0 Å². The highest BCUT2D eigenvalue weighted by atomic mass is 35.5. The summed E-state index contributed by atoms with van der Waals surface area (Å²) in [7, 11) is 0. The van der Waals surface area contributed by atoms with E-state index in [-0.39, 0.29) is 12.5 Å². The Bertz CT molecular complexity index is 607. The van der Waals surface area contributed by atoms with E-state index in [0.29, 0.717) is 17.3 Å². The fraction of sp³-hybridized carbons (Fsp3) is 0.312. The van der Waals surface area contributed by atoms with Gasteiger partial charge in [-0.2, -0.15) is 0 Å². The lowest BCUT2D eigenvalue weighted by Gasteiger charge is -2.23. The zero-order valence-corrected chi connectivity index (χ0v) is 12.9. The molecule has 5 heteroatoms. The van der Waals surface area contributed by atoms with Gasteiger partial charge >= 0.3 is 0 Å². The monoisotopic (exact) mass is 306 g/mol. The Hall–Kier alpha value is -1.78. The van der Waals surface area contributed by atoms with Crippen LogP contribution in [-0.4, -0.2) is 34.0 Å². The van der Waals surface area contributed by atoms with Crippen molar-refractivity contribution in [1.82, 2.24) is 9.88 Å². The zero-order chi connectivity index (χ0) is 15.4. The van der Waals surface area contributed by atoms with Gasteiger partial charge in [-0.05, 0) is 25.5 Å². The maximum atomic E-state index is 12.3. The van der Waals surface area contributed by atoms with E-state index in [1.807, 2.05) is 38.1 Å². The normalized spacial score (nSPS) is 12.2. The maximum absolute atomic E-state index is 12.3. The Morgan fingerprint density at radius 3 is 2.57 bits per heavy atom. The lowest BCUT2D eigenvalue weighted by molar-refractivity contribution is 0.0630. The number of aliphatic hydroxyl groups excluding tert-OH is 1. The van der Waals surface area contributed by atoms with Crippen LogP contribution in [0.3, 0.4) is 0 Å². The SMILES string of the molecule is CCN(CC(O)c1ccc(C)cc1)C(=O)c1cc(Cl)c[nH]1. The van der Waals surface area contributed by atoms with Crippen molar-refractivity contribution in [2.45, 2.75) is 20.0 Å². The molecule has 0 bridgehead atoms. The Labute approximate surface area is 129 Å². The van der Waals surface area contributed by atoms with Crippen molar-refractivity contribution >= 4 is 17.5 Å². The van der Waals surface area contributed by atoms with E-state index in [2.05, 4.69) is 4.98 Å². The summed E-state index contributed by atoms with van der Waals surface area (Å²) in [6.45, 7) is 4.63. The van der Waals surface area contributed by atoms with E-state index < -0.39 is 6.10 Å². The molecule has 112 valence electrons. The van der Waals surface area contributed by atoms with Gasteiger partial charge < -0.3 is 15.0 Å². The summed E-state index contributed by atoms with van der Waals surface area (Å²) in [6.07, 6.45) is 0.860. The number of likely N-dealkylation sites (N-methyl/N-ethyl adjacent to an activating group) is 1. The van der Waals surface area contributed by atoms with Crippen LogP contribution in [0, 0.1) is 6.92 Å². The number of halogens is 1. The van der Waals surface area contributed by atoms with Gasteiger partial charge in [0, 0.05) is 12.7 Å². The molecule has 0 aliphatic rings. The first-order valence-corrected chi connectivity index (χ1v) is 7.27.